The van der Waals surface area contributed by atoms with E-state index in [1.54, 1.807) is 19.1 Å². The Morgan fingerprint density at radius 3 is 2.77 bits per heavy atom. The molecule has 12 heteroatoms. The van der Waals surface area contributed by atoms with E-state index in [1.165, 1.54) is 47.7 Å². The van der Waals surface area contributed by atoms with Crippen molar-refractivity contribution in [3.05, 3.63) is 28.2 Å². The third-order valence-electron chi connectivity index (χ3n) is 6.57. The summed E-state index contributed by atoms with van der Waals surface area (Å²) in [7, 11) is 0. The number of aromatic nitrogens is 1. The van der Waals surface area contributed by atoms with Crippen LogP contribution in [0.15, 0.2) is 22.5 Å². The zero-order valence-corrected chi connectivity index (χ0v) is 26.1. The number of cyclic esters (lactones) is 1. The maximum Gasteiger partial charge on any atom is 0.329 e. The highest BCUT2D eigenvalue weighted by molar-refractivity contribution is 8.14. The van der Waals surface area contributed by atoms with Crippen molar-refractivity contribution in [3.63, 3.8) is 0 Å². The molecule has 3 rings (SSSR count). The normalized spacial score (nSPS) is 24.1. The minimum absolute atomic E-state index is 0.0877. The topological polar surface area (TPSA) is 127 Å². The first-order valence-electron chi connectivity index (χ1n) is 13.9. The molecular formula is C28H40N4O5S3. The number of thiazole rings is 1. The van der Waals surface area contributed by atoms with Crippen LogP contribution in [0.2, 0.25) is 0 Å². The van der Waals surface area contributed by atoms with Gasteiger partial charge in [0.05, 0.1) is 13.0 Å². The largest absolute Gasteiger partial charge is 0.456 e. The summed E-state index contributed by atoms with van der Waals surface area (Å²) in [5.41, 5.74) is -0.363. The summed E-state index contributed by atoms with van der Waals surface area (Å²) in [5.74, 6) is -0.670. The highest BCUT2D eigenvalue weighted by Gasteiger charge is 2.41. The molecule has 0 spiro atoms. The number of carbonyl (C=O) groups excluding carboxylic acids is 4. The van der Waals surface area contributed by atoms with Gasteiger partial charge in [0, 0.05) is 23.3 Å². The molecule has 0 fully saturated rings. The molecule has 0 saturated carbocycles. The summed E-state index contributed by atoms with van der Waals surface area (Å²) in [6.45, 7) is 7.79. The van der Waals surface area contributed by atoms with Crippen LogP contribution in [0.4, 0.5) is 0 Å². The number of hydrogen-bond donors (Lipinski definition) is 2. The molecule has 40 heavy (non-hydrogen) atoms. The Bertz CT molecular complexity index is 1120. The fourth-order valence-electron chi connectivity index (χ4n) is 4.12. The quantitative estimate of drug-likeness (QED) is 0.223. The predicted molar refractivity (Wildman–Crippen MR) is 163 cm³/mol. The van der Waals surface area contributed by atoms with Crippen LogP contribution in [0.3, 0.4) is 0 Å². The Labute approximate surface area is 249 Å². The van der Waals surface area contributed by atoms with Gasteiger partial charge in [-0.1, -0.05) is 64.3 Å². The third kappa shape index (κ3) is 9.73. The van der Waals surface area contributed by atoms with E-state index in [4.69, 9.17) is 4.74 Å². The van der Waals surface area contributed by atoms with E-state index >= 15 is 0 Å². The number of esters is 1. The molecule has 2 aliphatic heterocycles. The van der Waals surface area contributed by atoms with Crippen molar-refractivity contribution in [3.8, 4) is 0 Å². The number of amides is 2. The zero-order valence-electron chi connectivity index (χ0n) is 23.7. The van der Waals surface area contributed by atoms with Crippen LogP contribution in [-0.2, 0) is 30.5 Å². The van der Waals surface area contributed by atoms with E-state index in [0.717, 1.165) is 19.3 Å². The lowest BCUT2D eigenvalue weighted by Gasteiger charge is -2.27. The number of unbranched alkanes of at least 4 members (excludes halogenated alkanes) is 4. The summed E-state index contributed by atoms with van der Waals surface area (Å²) in [5, 5.41) is 9.07. The number of ether oxygens (including phenoxy) is 1. The molecule has 0 aromatic carbocycles. The van der Waals surface area contributed by atoms with Crippen molar-refractivity contribution in [2.75, 3.05) is 11.5 Å². The Balaban J connectivity index is 1.70. The van der Waals surface area contributed by atoms with Crippen LogP contribution in [0, 0.1) is 5.92 Å². The van der Waals surface area contributed by atoms with Gasteiger partial charge in [-0.15, -0.1) is 23.1 Å². The van der Waals surface area contributed by atoms with Crippen molar-refractivity contribution in [1.82, 2.24) is 15.6 Å². The number of hydrogen-bond acceptors (Lipinski definition) is 10. The Kier molecular flexibility index (Phi) is 12.7. The fourth-order valence-corrected chi connectivity index (χ4v) is 6.73. The van der Waals surface area contributed by atoms with E-state index in [0.29, 0.717) is 33.7 Å². The molecule has 220 valence electrons. The van der Waals surface area contributed by atoms with Crippen molar-refractivity contribution in [2.24, 2.45) is 10.9 Å². The molecule has 0 aliphatic carbocycles. The predicted octanol–water partition coefficient (Wildman–Crippen LogP) is 4.64. The molecule has 2 aliphatic rings. The number of thioether (sulfide) groups is 2. The first-order chi connectivity index (χ1) is 19.1. The lowest BCUT2D eigenvalue weighted by molar-refractivity contribution is -0.153. The Morgan fingerprint density at radius 2 is 2.02 bits per heavy atom. The number of rotatable bonds is 10. The van der Waals surface area contributed by atoms with Crippen molar-refractivity contribution < 1.29 is 23.9 Å². The minimum atomic E-state index is -1.04. The van der Waals surface area contributed by atoms with Crippen molar-refractivity contribution in [2.45, 2.75) is 96.9 Å². The van der Waals surface area contributed by atoms with Gasteiger partial charge in [-0.3, -0.25) is 19.4 Å². The van der Waals surface area contributed by atoms with Crippen LogP contribution < -0.4 is 10.6 Å². The average Bonchev–Trinajstić information content (AvgIpc) is 3.55. The van der Waals surface area contributed by atoms with Crippen LogP contribution >= 0.6 is 34.9 Å². The molecule has 2 N–H and O–H groups in total. The van der Waals surface area contributed by atoms with E-state index in [1.807, 2.05) is 19.2 Å². The third-order valence-corrected chi connectivity index (χ3v) is 9.59. The summed E-state index contributed by atoms with van der Waals surface area (Å²) in [4.78, 5) is 60.7. The first-order valence-corrected chi connectivity index (χ1v) is 16.7. The molecule has 1 aromatic rings. The second-order valence-corrected chi connectivity index (χ2v) is 13.5. The maximum absolute atomic E-state index is 13.3. The molecule has 4 bridgehead atoms. The lowest BCUT2D eigenvalue weighted by atomic mass is 10.0. The van der Waals surface area contributed by atoms with Gasteiger partial charge in [-0.25, -0.2) is 9.78 Å². The molecule has 2 amide bonds. The fraction of sp³-hybridized carbons (Fsp3) is 0.643. The number of fused-ring (bicyclic) bond motifs is 4. The number of carbonyl (C=O) groups is 4. The van der Waals surface area contributed by atoms with Gasteiger partial charge in [0.15, 0.2) is 5.12 Å². The van der Waals surface area contributed by atoms with E-state index in [2.05, 4.69) is 27.5 Å². The van der Waals surface area contributed by atoms with Gasteiger partial charge in [-0.05, 0) is 25.3 Å². The molecule has 0 radical (unpaired) electrons. The molecular weight excluding hydrogens is 569 g/mol. The molecule has 3 heterocycles. The summed E-state index contributed by atoms with van der Waals surface area (Å²) >= 11 is 4.07. The van der Waals surface area contributed by atoms with E-state index in [9.17, 15) is 19.2 Å². The number of nitrogens with one attached hydrogen (secondary N) is 2. The molecule has 1 aromatic heterocycles. The van der Waals surface area contributed by atoms with Crippen LogP contribution in [0.5, 0.6) is 0 Å². The molecule has 0 saturated heterocycles. The minimum Gasteiger partial charge on any atom is -0.456 e. The monoisotopic (exact) mass is 608 g/mol. The zero-order chi connectivity index (χ0) is 29.1. The maximum atomic E-state index is 13.3. The van der Waals surface area contributed by atoms with Gasteiger partial charge >= 0.3 is 5.97 Å². The van der Waals surface area contributed by atoms with E-state index < -0.39 is 23.7 Å². The van der Waals surface area contributed by atoms with Crippen molar-refractivity contribution >= 4 is 62.8 Å². The second kappa shape index (κ2) is 15.7. The second-order valence-electron chi connectivity index (χ2n) is 10.5. The number of aliphatic imine (C=N–C) groups is 1. The smallest absolute Gasteiger partial charge is 0.329 e. The lowest BCUT2D eigenvalue weighted by Crippen LogP contribution is -2.53. The summed E-state index contributed by atoms with van der Waals surface area (Å²) in [6, 6.07) is -0.907. The van der Waals surface area contributed by atoms with Crippen LogP contribution in [-0.4, -0.2) is 62.1 Å². The summed E-state index contributed by atoms with van der Waals surface area (Å²) in [6.07, 6.45) is 8.47. The average molecular weight is 609 g/mol. The standard InChI is InChI=1S/C28H40N4O5S3/c1-5-6-7-8-9-12-23(34)38-13-10-11-19-14-21(33)29-15-22-30-20(16-39-22)25-32-28(4,17-40-25)27(36)31-24(18(2)3)26(35)37-19/h10-11,16,18-19,24H,5-9,12-15,17H2,1-4H3,(H,29,33)(H,31,36)/t19-,24?,28+/m1/s1. The SMILES string of the molecule is CCCCCCCC(=O)SCC=C[C@@H]1CC(=O)NCc2nc(cs2)C2=N[C@@](C)(CS2)C(=O)NC(C(C)C)C(=O)O1. The summed E-state index contributed by atoms with van der Waals surface area (Å²) < 4.78 is 5.74. The van der Waals surface area contributed by atoms with Crippen LogP contribution in [0.1, 0.15) is 83.3 Å². The Hall–Kier alpha value is -2.18. The number of nitrogens with zero attached hydrogens (tertiary/aromatic N) is 2. The van der Waals surface area contributed by atoms with Gasteiger partial charge in [-0.2, -0.15) is 0 Å². The molecule has 1 unspecified atom stereocenters. The van der Waals surface area contributed by atoms with Crippen molar-refractivity contribution in [1.29, 1.82) is 0 Å². The first kappa shape index (κ1) is 32.3. The Morgan fingerprint density at radius 1 is 1.25 bits per heavy atom. The highest BCUT2D eigenvalue weighted by atomic mass is 32.2. The van der Waals surface area contributed by atoms with Gasteiger partial charge in [0.2, 0.25) is 11.8 Å². The van der Waals surface area contributed by atoms with Gasteiger partial charge in [0.25, 0.3) is 0 Å². The van der Waals surface area contributed by atoms with Gasteiger partial charge < -0.3 is 15.4 Å². The van der Waals surface area contributed by atoms with Crippen LogP contribution in [0.25, 0.3) is 0 Å². The molecule has 3 atom stereocenters. The van der Waals surface area contributed by atoms with E-state index in [-0.39, 0.29) is 35.8 Å². The molecule has 9 nitrogen and oxygen atoms in total. The highest BCUT2D eigenvalue weighted by Crippen LogP contribution is 2.32. The van der Waals surface area contributed by atoms with Gasteiger partial charge in [0.1, 0.15) is 33.4 Å².